The average molecular weight is 444 g/mol. The first-order valence-electron chi connectivity index (χ1n) is 11.0. The van der Waals surface area contributed by atoms with Crippen LogP contribution in [-0.4, -0.2) is 98.5 Å². The SMILES string of the molecule is CN=C(NCC(c1cnn(C)c1)N(C)C)N1CCN(Cc2cc(OC)ccc2OC)CC1. The molecule has 9 heteroatoms. The Bertz CT molecular complexity index is 888. The largest absolute Gasteiger partial charge is 0.497 e. The van der Waals surface area contributed by atoms with Crippen molar-refractivity contribution in [2.24, 2.45) is 12.0 Å². The van der Waals surface area contributed by atoms with Crippen LogP contribution in [0.3, 0.4) is 0 Å². The van der Waals surface area contributed by atoms with Gasteiger partial charge < -0.3 is 24.6 Å². The van der Waals surface area contributed by atoms with E-state index in [2.05, 4.69) is 56.5 Å². The minimum atomic E-state index is 0.224. The van der Waals surface area contributed by atoms with Crippen LogP contribution in [0.2, 0.25) is 0 Å². The van der Waals surface area contributed by atoms with E-state index in [1.165, 1.54) is 5.56 Å². The van der Waals surface area contributed by atoms with Crippen molar-refractivity contribution in [2.75, 3.05) is 68.1 Å². The summed E-state index contributed by atoms with van der Waals surface area (Å²) in [5.41, 5.74) is 2.34. The fraction of sp³-hybridized carbons (Fsp3) is 0.565. The summed E-state index contributed by atoms with van der Waals surface area (Å²) in [5, 5.41) is 7.89. The Kier molecular flexibility index (Phi) is 8.35. The standard InChI is InChI=1S/C23H37N7O2/c1-24-23(25-15-21(27(2)3)19-14-26-28(4)16-19)30-11-9-29(10-12-30)17-18-13-20(31-5)7-8-22(18)32-6/h7-8,13-14,16,21H,9-12,15,17H2,1-6H3,(H,24,25). The van der Waals surface area contributed by atoms with E-state index in [9.17, 15) is 0 Å². The Balaban J connectivity index is 1.55. The third kappa shape index (κ3) is 5.92. The van der Waals surface area contributed by atoms with E-state index in [1.54, 1.807) is 14.2 Å². The number of nitrogens with zero attached hydrogens (tertiary/aromatic N) is 6. The molecule has 1 aliphatic rings. The lowest BCUT2D eigenvalue weighted by molar-refractivity contribution is 0.170. The van der Waals surface area contributed by atoms with Gasteiger partial charge in [0.1, 0.15) is 11.5 Å². The van der Waals surface area contributed by atoms with E-state index in [0.29, 0.717) is 0 Å². The van der Waals surface area contributed by atoms with Crippen LogP contribution in [0.5, 0.6) is 11.5 Å². The summed E-state index contributed by atoms with van der Waals surface area (Å²) in [4.78, 5) is 11.5. The maximum atomic E-state index is 5.54. The molecule has 0 bridgehead atoms. The molecule has 1 atom stereocenters. The molecule has 1 aliphatic heterocycles. The molecule has 9 nitrogen and oxygen atoms in total. The molecule has 1 N–H and O–H groups in total. The summed E-state index contributed by atoms with van der Waals surface area (Å²) in [6.45, 7) is 5.37. The highest BCUT2D eigenvalue weighted by molar-refractivity contribution is 5.80. The monoisotopic (exact) mass is 443 g/mol. The molecule has 0 radical (unpaired) electrons. The molecule has 0 saturated carbocycles. The van der Waals surface area contributed by atoms with Crippen LogP contribution in [0.4, 0.5) is 0 Å². The van der Waals surface area contributed by atoms with Gasteiger partial charge in [0.15, 0.2) is 5.96 Å². The molecular formula is C23H37N7O2. The zero-order valence-electron chi connectivity index (χ0n) is 20.2. The zero-order valence-corrected chi connectivity index (χ0v) is 20.2. The number of benzene rings is 1. The van der Waals surface area contributed by atoms with Crippen molar-refractivity contribution in [1.82, 2.24) is 29.8 Å². The minimum Gasteiger partial charge on any atom is -0.497 e. The highest BCUT2D eigenvalue weighted by atomic mass is 16.5. The predicted octanol–water partition coefficient (Wildman–Crippen LogP) is 1.43. The fourth-order valence-electron chi connectivity index (χ4n) is 4.10. The number of hydrogen-bond acceptors (Lipinski definition) is 6. The van der Waals surface area contributed by atoms with Crippen molar-refractivity contribution < 1.29 is 9.47 Å². The Morgan fingerprint density at radius 1 is 1.19 bits per heavy atom. The Labute approximate surface area is 191 Å². The third-order valence-corrected chi connectivity index (χ3v) is 5.95. The molecule has 2 aromatic rings. The van der Waals surface area contributed by atoms with Gasteiger partial charge in [-0.2, -0.15) is 5.10 Å². The number of methoxy groups -OCH3 is 2. The van der Waals surface area contributed by atoms with E-state index in [4.69, 9.17) is 9.47 Å². The van der Waals surface area contributed by atoms with E-state index in [0.717, 1.165) is 62.3 Å². The first-order valence-corrected chi connectivity index (χ1v) is 11.0. The van der Waals surface area contributed by atoms with E-state index in [-0.39, 0.29) is 6.04 Å². The van der Waals surface area contributed by atoms with Crippen LogP contribution < -0.4 is 14.8 Å². The van der Waals surface area contributed by atoms with Crippen LogP contribution in [0.1, 0.15) is 17.2 Å². The van der Waals surface area contributed by atoms with Crippen molar-refractivity contribution in [3.63, 3.8) is 0 Å². The zero-order chi connectivity index (χ0) is 23.1. The van der Waals surface area contributed by atoms with Gasteiger partial charge in [-0.05, 0) is 32.3 Å². The van der Waals surface area contributed by atoms with Crippen molar-refractivity contribution in [3.05, 3.63) is 41.7 Å². The Morgan fingerprint density at radius 3 is 2.50 bits per heavy atom. The molecule has 0 spiro atoms. The quantitative estimate of drug-likeness (QED) is 0.489. The lowest BCUT2D eigenvalue weighted by atomic mass is 10.1. The molecule has 1 aromatic carbocycles. The van der Waals surface area contributed by atoms with Gasteiger partial charge in [-0.25, -0.2) is 0 Å². The molecule has 0 aliphatic carbocycles. The normalized spacial score (nSPS) is 16.3. The van der Waals surface area contributed by atoms with Crippen molar-refractivity contribution >= 4 is 5.96 Å². The number of aromatic nitrogens is 2. The minimum absolute atomic E-state index is 0.224. The third-order valence-electron chi connectivity index (χ3n) is 5.95. The van der Waals surface area contributed by atoms with Gasteiger partial charge in [-0.1, -0.05) is 0 Å². The molecule has 1 unspecified atom stereocenters. The van der Waals surface area contributed by atoms with E-state index in [1.807, 2.05) is 37.1 Å². The molecule has 1 fully saturated rings. The smallest absolute Gasteiger partial charge is 0.193 e. The summed E-state index contributed by atoms with van der Waals surface area (Å²) in [5.74, 6) is 2.70. The first-order chi connectivity index (χ1) is 15.4. The number of piperazine rings is 1. The summed E-state index contributed by atoms with van der Waals surface area (Å²) < 4.78 is 12.8. The van der Waals surface area contributed by atoms with Gasteiger partial charge in [0.2, 0.25) is 0 Å². The second-order valence-corrected chi connectivity index (χ2v) is 8.30. The summed E-state index contributed by atoms with van der Waals surface area (Å²) in [7, 11) is 11.4. The van der Waals surface area contributed by atoms with Crippen LogP contribution in [0.25, 0.3) is 0 Å². The molecule has 1 saturated heterocycles. The number of guanidine groups is 1. The summed E-state index contributed by atoms with van der Waals surface area (Å²) in [6.07, 6.45) is 4.00. The van der Waals surface area contributed by atoms with E-state index < -0.39 is 0 Å². The summed E-state index contributed by atoms with van der Waals surface area (Å²) in [6, 6.07) is 6.19. The van der Waals surface area contributed by atoms with Gasteiger partial charge in [-0.15, -0.1) is 0 Å². The molecule has 3 rings (SSSR count). The van der Waals surface area contributed by atoms with Gasteiger partial charge in [0, 0.05) is 70.7 Å². The average Bonchev–Trinajstić information content (AvgIpc) is 3.22. The number of aryl methyl sites for hydroxylation is 1. The van der Waals surface area contributed by atoms with Crippen LogP contribution in [0, 0.1) is 0 Å². The fourth-order valence-corrected chi connectivity index (χ4v) is 4.10. The van der Waals surface area contributed by atoms with Gasteiger partial charge in [0.05, 0.1) is 26.5 Å². The maximum absolute atomic E-state index is 5.54. The Morgan fingerprint density at radius 2 is 1.94 bits per heavy atom. The van der Waals surface area contributed by atoms with E-state index >= 15 is 0 Å². The number of hydrogen-bond donors (Lipinski definition) is 1. The number of aliphatic imine (C=N–C) groups is 1. The maximum Gasteiger partial charge on any atom is 0.193 e. The van der Waals surface area contributed by atoms with Gasteiger partial charge in [-0.3, -0.25) is 14.6 Å². The molecular weight excluding hydrogens is 406 g/mol. The first kappa shape index (κ1) is 23.9. The second kappa shape index (κ2) is 11.2. The molecule has 1 aromatic heterocycles. The van der Waals surface area contributed by atoms with Crippen LogP contribution in [-0.2, 0) is 13.6 Å². The van der Waals surface area contributed by atoms with Gasteiger partial charge in [0.25, 0.3) is 0 Å². The number of rotatable bonds is 8. The van der Waals surface area contributed by atoms with Crippen LogP contribution >= 0.6 is 0 Å². The number of ether oxygens (including phenoxy) is 2. The summed E-state index contributed by atoms with van der Waals surface area (Å²) >= 11 is 0. The van der Waals surface area contributed by atoms with Crippen molar-refractivity contribution in [3.8, 4) is 11.5 Å². The lowest BCUT2D eigenvalue weighted by Crippen LogP contribution is -2.53. The topological polar surface area (TPSA) is 70.4 Å². The van der Waals surface area contributed by atoms with Crippen molar-refractivity contribution in [1.29, 1.82) is 0 Å². The number of nitrogens with one attached hydrogen (secondary N) is 1. The second-order valence-electron chi connectivity index (χ2n) is 8.30. The molecule has 32 heavy (non-hydrogen) atoms. The predicted molar refractivity (Wildman–Crippen MR) is 127 cm³/mol. The van der Waals surface area contributed by atoms with Gasteiger partial charge >= 0.3 is 0 Å². The number of likely N-dealkylation sites (N-methyl/N-ethyl adjacent to an activating group) is 1. The molecule has 0 amide bonds. The highest BCUT2D eigenvalue weighted by Gasteiger charge is 2.22. The Hall–Kier alpha value is -2.78. The highest BCUT2D eigenvalue weighted by Crippen LogP contribution is 2.25. The molecule has 176 valence electrons. The lowest BCUT2D eigenvalue weighted by Gasteiger charge is -2.37. The molecule has 2 heterocycles. The van der Waals surface area contributed by atoms with Crippen molar-refractivity contribution in [2.45, 2.75) is 12.6 Å². The van der Waals surface area contributed by atoms with Crippen LogP contribution in [0.15, 0.2) is 35.6 Å².